The summed E-state index contributed by atoms with van der Waals surface area (Å²) in [7, 11) is -4.47. The molecule has 1 aromatic rings. The summed E-state index contributed by atoms with van der Waals surface area (Å²) in [6, 6.07) is 6.19. The summed E-state index contributed by atoms with van der Waals surface area (Å²) in [6.07, 6.45) is 2.52. The third kappa shape index (κ3) is 8.00. The van der Waals surface area contributed by atoms with E-state index in [4.69, 9.17) is 18.2 Å². The van der Waals surface area contributed by atoms with Crippen LogP contribution in [0, 0.1) is 0 Å². The van der Waals surface area contributed by atoms with Gasteiger partial charge in [-0.15, -0.1) is 0 Å². The number of allylic oxidation sites excluding steroid dienone is 1. The van der Waals surface area contributed by atoms with Crippen molar-refractivity contribution in [1.82, 2.24) is 0 Å². The number of benzene rings is 1. The molecular formula is C30H55BO5Si2. The lowest BCUT2D eigenvalue weighted by Gasteiger charge is -2.38. The van der Waals surface area contributed by atoms with E-state index in [1.165, 1.54) is 0 Å². The normalized spacial score (nSPS) is 19.5. The largest absolute Gasteiger partial charge is 0.543 e. The second-order valence-corrected chi connectivity index (χ2v) is 24.6. The molecule has 8 heteroatoms. The van der Waals surface area contributed by atoms with Crippen molar-refractivity contribution in [2.45, 2.75) is 143 Å². The van der Waals surface area contributed by atoms with Crippen molar-refractivity contribution in [1.29, 1.82) is 0 Å². The lowest BCUT2D eigenvalue weighted by Crippen LogP contribution is -2.44. The quantitative estimate of drug-likeness (QED) is 0.307. The Morgan fingerprint density at radius 2 is 1.26 bits per heavy atom. The van der Waals surface area contributed by atoms with E-state index in [2.05, 4.69) is 108 Å². The number of aliphatic hydroxyl groups is 1. The molecule has 0 spiro atoms. The molecule has 1 N–H and O–H groups in total. The highest BCUT2D eigenvalue weighted by Gasteiger charge is 2.51. The van der Waals surface area contributed by atoms with Crippen LogP contribution < -0.4 is 8.85 Å². The van der Waals surface area contributed by atoms with Gasteiger partial charge in [-0.05, 0) is 107 Å². The van der Waals surface area contributed by atoms with Crippen LogP contribution in [0.2, 0.25) is 36.3 Å². The number of rotatable bonds is 9. The Hall–Kier alpha value is -1.06. The maximum absolute atomic E-state index is 11.0. The molecule has 216 valence electrons. The van der Waals surface area contributed by atoms with Crippen molar-refractivity contribution in [3.05, 3.63) is 35.3 Å². The van der Waals surface area contributed by atoms with E-state index in [0.29, 0.717) is 12.8 Å². The van der Waals surface area contributed by atoms with Gasteiger partial charge in [0.25, 0.3) is 0 Å². The molecule has 1 atom stereocenters. The first-order valence-corrected chi connectivity index (χ1v) is 19.9. The predicted octanol–water partition coefficient (Wildman–Crippen LogP) is 8.33. The first kappa shape index (κ1) is 33.1. The molecular weight excluding hydrogens is 507 g/mol. The topological polar surface area (TPSA) is 57.2 Å². The molecule has 0 amide bonds. The van der Waals surface area contributed by atoms with Crippen LogP contribution in [0.4, 0.5) is 0 Å². The molecule has 1 fully saturated rings. The SMILES string of the molecule is C/C(=C\C[C@@H](O)Cc1cc(O[Si](C)(C)C(C)(C)C)cc(O[Si](C)(C)C(C)(C)C)c1)B1OC(C)(C)C(C)(C)O1. The van der Waals surface area contributed by atoms with Crippen molar-refractivity contribution >= 4 is 23.8 Å². The minimum absolute atomic E-state index is 0.0821. The van der Waals surface area contributed by atoms with Crippen LogP contribution in [0.15, 0.2) is 29.7 Å². The molecule has 1 aliphatic rings. The minimum Gasteiger partial charge on any atom is -0.543 e. The first-order valence-electron chi connectivity index (χ1n) is 14.1. The molecule has 2 rings (SSSR count). The van der Waals surface area contributed by atoms with Crippen LogP contribution in [0.25, 0.3) is 0 Å². The molecule has 5 nitrogen and oxygen atoms in total. The van der Waals surface area contributed by atoms with Gasteiger partial charge in [0.05, 0.1) is 17.3 Å². The minimum atomic E-state index is -2.04. The fourth-order valence-electron chi connectivity index (χ4n) is 3.56. The molecule has 0 aliphatic carbocycles. The molecule has 1 saturated heterocycles. The van der Waals surface area contributed by atoms with Gasteiger partial charge >= 0.3 is 7.12 Å². The summed E-state index contributed by atoms with van der Waals surface area (Å²) in [5.74, 6) is 1.66. The summed E-state index contributed by atoms with van der Waals surface area (Å²) in [5, 5.41) is 11.2. The lowest BCUT2D eigenvalue weighted by molar-refractivity contribution is 0.00578. The van der Waals surface area contributed by atoms with Gasteiger partial charge in [0.2, 0.25) is 16.6 Å². The average molecular weight is 563 g/mol. The van der Waals surface area contributed by atoms with Gasteiger partial charge in [-0.25, -0.2) is 0 Å². The van der Waals surface area contributed by atoms with Crippen LogP contribution in [-0.4, -0.2) is 46.2 Å². The van der Waals surface area contributed by atoms with Gasteiger partial charge in [0, 0.05) is 6.07 Å². The van der Waals surface area contributed by atoms with Crippen molar-refractivity contribution in [3.8, 4) is 11.5 Å². The molecule has 0 radical (unpaired) electrons. The maximum Gasteiger partial charge on any atom is 0.489 e. The third-order valence-electron chi connectivity index (χ3n) is 9.11. The Bertz CT molecular complexity index is 941. The van der Waals surface area contributed by atoms with Crippen molar-refractivity contribution in [2.75, 3.05) is 0 Å². The lowest BCUT2D eigenvalue weighted by atomic mass is 9.78. The van der Waals surface area contributed by atoms with Crippen LogP contribution >= 0.6 is 0 Å². The Morgan fingerprint density at radius 1 is 0.868 bits per heavy atom. The summed E-state index contributed by atoms with van der Waals surface area (Å²) in [4.78, 5) is 0. The van der Waals surface area contributed by atoms with E-state index < -0.39 is 29.9 Å². The standard InChI is InChI=1S/C30H55BO5Si2/c1-22(31-35-29(8,9)30(10,11)36-31)16-17-24(32)18-23-19-25(33-37(12,13)27(2,3)4)21-26(20-23)34-38(14,15)28(5,6)7/h16,19-21,24,32H,17-18H2,1-15H3/b22-16+/t24-/m1/s1. The average Bonchev–Trinajstić information content (AvgIpc) is 2.90. The molecule has 1 heterocycles. The Kier molecular flexibility index (Phi) is 9.66. The van der Waals surface area contributed by atoms with Crippen LogP contribution in [0.1, 0.15) is 88.1 Å². The molecule has 1 aliphatic heterocycles. The second kappa shape index (κ2) is 11.1. The molecule has 0 bridgehead atoms. The van der Waals surface area contributed by atoms with E-state index in [1.54, 1.807) is 0 Å². The van der Waals surface area contributed by atoms with E-state index in [9.17, 15) is 5.11 Å². The fourth-order valence-corrected chi connectivity index (χ4v) is 5.59. The number of aliphatic hydroxyl groups excluding tert-OH is 1. The summed E-state index contributed by atoms with van der Waals surface area (Å²) < 4.78 is 25.7. The molecule has 38 heavy (non-hydrogen) atoms. The van der Waals surface area contributed by atoms with Crippen LogP contribution in [0.5, 0.6) is 11.5 Å². The molecule has 0 saturated carbocycles. The van der Waals surface area contributed by atoms with Gasteiger partial charge < -0.3 is 23.3 Å². The number of hydrogen-bond donors (Lipinski definition) is 1. The first-order chi connectivity index (χ1) is 16.9. The summed E-state index contributed by atoms with van der Waals surface area (Å²) >= 11 is 0. The Balaban J connectivity index is 2.27. The Labute approximate surface area is 236 Å². The van der Waals surface area contributed by atoms with Crippen LogP contribution in [-0.2, 0) is 15.7 Å². The zero-order valence-electron chi connectivity index (χ0n) is 27.0. The van der Waals surface area contributed by atoms with Gasteiger partial charge in [0.1, 0.15) is 11.5 Å². The van der Waals surface area contributed by atoms with Crippen molar-refractivity contribution in [3.63, 3.8) is 0 Å². The van der Waals surface area contributed by atoms with Gasteiger partial charge in [-0.3, -0.25) is 0 Å². The van der Waals surface area contributed by atoms with Crippen molar-refractivity contribution < 1.29 is 23.3 Å². The van der Waals surface area contributed by atoms with Gasteiger partial charge in [-0.1, -0.05) is 47.6 Å². The van der Waals surface area contributed by atoms with Gasteiger partial charge in [0.15, 0.2) is 0 Å². The smallest absolute Gasteiger partial charge is 0.489 e. The van der Waals surface area contributed by atoms with E-state index in [-0.39, 0.29) is 21.3 Å². The van der Waals surface area contributed by atoms with Gasteiger partial charge in [-0.2, -0.15) is 0 Å². The highest BCUT2D eigenvalue weighted by atomic mass is 28.4. The second-order valence-electron chi connectivity index (χ2n) is 15.2. The fraction of sp³-hybridized carbons (Fsp3) is 0.733. The molecule has 1 aromatic carbocycles. The zero-order valence-corrected chi connectivity index (χ0v) is 29.0. The third-order valence-corrected chi connectivity index (χ3v) is 17.8. The van der Waals surface area contributed by atoms with E-state index in [1.807, 2.05) is 19.1 Å². The summed E-state index contributed by atoms with van der Waals surface area (Å²) in [6.45, 7) is 32.7. The zero-order chi connectivity index (χ0) is 29.5. The van der Waals surface area contributed by atoms with Crippen molar-refractivity contribution in [2.24, 2.45) is 0 Å². The highest BCUT2D eigenvalue weighted by Crippen LogP contribution is 2.41. The van der Waals surface area contributed by atoms with E-state index >= 15 is 0 Å². The highest BCUT2D eigenvalue weighted by molar-refractivity contribution is 6.75. The Morgan fingerprint density at radius 3 is 1.63 bits per heavy atom. The maximum atomic E-state index is 11.0. The molecule has 0 aromatic heterocycles. The number of hydrogen-bond acceptors (Lipinski definition) is 5. The van der Waals surface area contributed by atoms with E-state index in [0.717, 1.165) is 22.5 Å². The predicted molar refractivity (Wildman–Crippen MR) is 166 cm³/mol. The summed E-state index contributed by atoms with van der Waals surface area (Å²) in [5.41, 5.74) is 1.25. The monoisotopic (exact) mass is 562 g/mol. The molecule has 0 unspecified atom stereocenters. The van der Waals surface area contributed by atoms with Crippen LogP contribution in [0.3, 0.4) is 0 Å².